The summed E-state index contributed by atoms with van der Waals surface area (Å²) in [5.41, 5.74) is 8.33. The van der Waals surface area contributed by atoms with Crippen molar-refractivity contribution in [2.75, 3.05) is 25.5 Å². The zero-order valence-corrected chi connectivity index (χ0v) is 15.4. The van der Waals surface area contributed by atoms with Gasteiger partial charge in [0.2, 0.25) is 0 Å². The van der Waals surface area contributed by atoms with Gasteiger partial charge in [0.15, 0.2) is 5.96 Å². The average molecular weight is 352 g/mol. The van der Waals surface area contributed by atoms with Gasteiger partial charge in [-0.15, -0.1) is 0 Å². The molecule has 138 valence electrons. The van der Waals surface area contributed by atoms with Crippen molar-refractivity contribution in [1.29, 1.82) is 0 Å². The van der Waals surface area contributed by atoms with Crippen LogP contribution in [0.1, 0.15) is 24.8 Å². The highest BCUT2D eigenvalue weighted by Gasteiger charge is 2.22. The van der Waals surface area contributed by atoms with Crippen LogP contribution in [-0.4, -0.2) is 37.1 Å². The number of nitrogens with two attached hydrogens (primary N) is 1. The molecule has 1 unspecified atom stereocenters. The Hall–Kier alpha value is -2.53. The molecule has 2 aromatic carbocycles. The number of hydrogen-bond donors (Lipinski definition) is 2. The van der Waals surface area contributed by atoms with E-state index in [1.54, 1.807) is 7.11 Å². The molecule has 2 aromatic rings. The Morgan fingerprint density at radius 2 is 2.04 bits per heavy atom. The maximum atomic E-state index is 6.09. The number of benzene rings is 2. The van der Waals surface area contributed by atoms with Crippen LogP contribution in [0.3, 0.4) is 0 Å². The highest BCUT2D eigenvalue weighted by molar-refractivity contribution is 5.92. The molecule has 0 spiro atoms. The molecule has 1 aliphatic rings. The maximum Gasteiger partial charge on any atom is 0.193 e. The molecule has 5 nitrogen and oxygen atoms in total. The van der Waals surface area contributed by atoms with Crippen LogP contribution >= 0.6 is 0 Å². The number of ether oxygens (including phenoxy) is 1. The number of anilines is 1. The van der Waals surface area contributed by atoms with E-state index in [4.69, 9.17) is 10.5 Å². The number of aliphatic imine (C=N–C) groups is 1. The van der Waals surface area contributed by atoms with Crippen molar-refractivity contribution >= 4 is 11.6 Å². The fourth-order valence-electron chi connectivity index (χ4n) is 3.38. The van der Waals surface area contributed by atoms with Crippen molar-refractivity contribution in [1.82, 2.24) is 4.90 Å². The molecule has 3 rings (SSSR count). The van der Waals surface area contributed by atoms with Crippen LogP contribution in [0.15, 0.2) is 59.6 Å². The summed E-state index contributed by atoms with van der Waals surface area (Å²) in [7, 11) is 1.65. The largest absolute Gasteiger partial charge is 0.497 e. The molecule has 26 heavy (non-hydrogen) atoms. The van der Waals surface area contributed by atoms with E-state index < -0.39 is 0 Å². The summed E-state index contributed by atoms with van der Waals surface area (Å²) >= 11 is 0. The quantitative estimate of drug-likeness (QED) is 0.617. The molecule has 1 heterocycles. The lowest BCUT2D eigenvalue weighted by Gasteiger charge is -2.35. The van der Waals surface area contributed by atoms with E-state index in [-0.39, 0.29) is 0 Å². The van der Waals surface area contributed by atoms with Crippen molar-refractivity contribution in [3.8, 4) is 5.75 Å². The number of nitrogens with one attached hydrogen (secondary N) is 1. The lowest BCUT2D eigenvalue weighted by Crippen LogP contribution is -2.41. The van der Waals surface area contributed by atoms with Crippen LogP contribution in [0, 0.1) is 0 Å². The van der Waals surface area contributed by atoms with Gasteiger partial charge in [0.1, 0.15) is 5.75 Å². The first-order valence-electron chi connectivity index (χ1n) is 9.23. The van der Waals surface area contributed by atoms with Gasteiger partial charge in [-0.2, -0.15) is 0 Å². The van der Waals surface area contributed by atoms with E-state index in [1.807, 2.05) is 24.3 Å². The predicted molar refractivity (Wildman–Crippen MR) is 108 cm³/mol. The first kappa shape index (κ1) is 18.3. The van der Waals surface area contributed by atoms with E-state index in [0.717, 1.165) is 31.1 Å². The van der Waals surface area contributed by atoms with Crippen molar-refractivity contribution in [2.24, 2.45) is 10.7 Å². The van der Waals surface area contributed by atoms with Gasteiger partial charge in [-0.25, -0.2) is 0 Å². The number of guanidine groups is 1. The second-order valence-electron chi connectivity index (χ2n) is 6.69. The van der Waals surface area contributed by atoms with E-state index in [9.17, 15) is 0 Å². The molecule has 1 aliphatic heterocycles. The van der Waals surface area contributed by atoms with Crippen LogP contribution in [-0.2, 0) is 6.54 Å². The zero-order chi connectivity index (χ0) is 18.2. The topological polar surface area (TPSA) is 62.9 Å². The van der Waals surface area contributed by atoms with E-state index in [2.05, 4.69) is 45.5 Å². The van der Waals surface area contributed by atoms with Gasteiger partial charge in [-0.1, -0.05) is 42.8 Å². The molecule has 5 heteroatoms. The fourth-order valence-corrected chi connectivity index (χ4v) is 3.38. The van der Waals surface area contributed by atoms with Crippen molar-refractivity contribution < 1.29 is 4.74 Å². The van der Waals surface area contributed by atoms with Gasteiger partial charge in [-0.05, 0) is 37.1 Å². The van der Waals surface area contributed by atoms with Gasteiger partial charge < -0.3 is 15.8 Å². The Kier molecular flexibility index (Phi) is 6.50. The molecule has 0 aromatic heterocycles. The standard InChI is InChI=1S/C21H28N4O/c1-26-20-12-7-10-18(14-20)24-21(22)23-15-19-11-5-6-13-25(19)16-17-8-3-2-4-9-17/h2-4,7-10,12,14,19H,5-6,11,13,15-16H2,1H3,(H3,22,23,24). The molecular weight excluding hydrogens is 324 g/mol. The normalized spacial score (nSPS) is 18.5. The minimum Gasteiger partial charge on any atom is -0.497 e. The second kappa shape index (κ2) is 9.25. The van der Waals surface area contributed by atoms with Crippen molar-refractivity contribution in [2.45, 2.75) is 31.8 Å². The van der Waals surface area contributed by atoms with Gasteiger partial charge in [0.05, 0.1) is 13.7 Å². The van der Waals surface area contributed by atoms with Crippen LogP contribution in [0.4, 0.5) is 5.69 Å². The van der Waals surface area contributed by atoms with E-state index in [0.29, 0.717) is 12.0 Å². The number of rotatable bonds is 6. The summed E-state index contributed by atoms with van der Waals surface area (Å²) < 4.78 is 5.23. The first-order valence-corrected chi connectivity index (χ1v) is 9.23. The molecule has 0 amide bonds. The van der Waals surface area contributed by atoms with Crippen LogP contribution in [0.2, 0.25) is 0 Å². The van der Waals surface area contributed by atoms with Gasteiger partial charge in [0, 0.05) is 24.3 Å². The summed E-state index contributed by atoms with van der Waals surface area (Å²) in [5.74, 6) is 1.24. The van der Waals surface area contributed by atoms with Crippen LogP contribution < -0.4 is 15.8 Å². The summed E-state index contributed by atoms with van der Waals surface area (Å²) in [6, 6.07) is 18.8. The van der Waals surface area contributed by atoms with E-state index in [1.165, 1.54) is 24.8 Å². The van der Waals surface area contributed by atoms with E-state index >= 15 is 0 Å². The monoisotopic (exact) mass is 352 g/mol. The molecular formula is C21H28N4O. The summed E-state index contributed by atoms with van der Waals surface area (Å²) in [4.78, 5) is 7.12. The SMILES string of the molecule is COc1cccc(NC(N)=NCC2CCCCN2Cc2ccccc2)c1. The highest BCUT2D eigenvalue weighted by Crippen LogP contribution is 2.20. The van der Waals surface area contributed by atoms with Crippen LogP contribution in [0.25, 0.3) is 0 Å². The van der Waals surface area contributed by atoms with Gasteiger partial charge in [0.25, 0.3) is 0 Å². The number of methoxy groups -OCH3 is 1. The average Bonchev–Trinajstić information content (AvgIpc) is 2.68. The smallest absolute Gasteiger partial charge is 0.193 e. The summed E-state index contributed by atoms with van der Waals surface area (Å²) in [6.07, 6.45) is 3.68. The molecule has 1 saturated heterocycles. The summed E-state index contributed by atoms with van der Waals surface area (Å²) in [5, 5.41) is 3.15. The maximum absolute atomic E-state index is 6.09. The second-order valence-corrected chi connectivity index (χ2v) is 6.69. The third-order valence-corrected chi connectivity index (χ3v) is 4.79. The number of nitrogens with zero attached hydrogens (tertiary/aromatic N) is 2. The van der Waals surface area contributed by atoms with Crippen molar-refractivity contribution in [3.05, 3.63) is 60.2 Å². The Bertz CT molecular complexity index is 717. The van der Waals surface area contributed by atoms with Crippen LogP contribution in [0.5, 0.6) is 5.75 Å². The molecule has 3 N–H and O–H groups in total. The Morgan fingerprint density at radius 3 is 2.85 bits per heavy atom. The first-order chi connectivity index (χ1) is 12.7. The number of hydrogen-bond acceptors (Lipinski definition) is 3. The summed E-state index contributed by atoms with van der Waals surface area (Å²) in [6.45, 7) is 2.82. The lowest BCUT2D eigenvalue weighted by atomic mass is 10.0. The molecule has 0 saturated carbocycles. The minimum atomic E-state index is 0.439. The third kappa shape index (κ3) is 5.23. The van der Waals surface area contributed by atoms with Gasteiger partial charge >= 0.3 is 0 Å². The molecule has 1 atom stereocenters. The Morgan fingerprint density at radius 1 is 1.19 bits per heavy atom. The third-order valence-electron chi connectivity index (χ3n) is 4.79. The molecule has 0 aliphatic carbocycles. The minimum absolute atomic E-state index is 0.439. The van der Waals surface area contributed by atoms with Crippen molar-refractivity contribution in [3.63, 3.8) is 0 Å². The molecule has 0 bridgehead atoms. The Labute approximate surface area is 155 Å². The van der Waals surface area contributed by atoms with Gasteiger partial charge in [-0.3, -0.25) is 9.89 Å². The number of likely N-dealkylation sites (tertiary alicyclic amines) is 1. The zero-order valence-electron chi connectivity index (χ0n) is 15.4. The highest BCUT2D eigenvalue weighted by atomic mass is 16.5. The molecule has 1 fully saturated rings. The molecule has 0 radical (unpaired) electrons. The lowest BCUT2D eigenvalue weighted by molar-refractivity contribution is 0.145. The Balaban J connectivity index is 1.59. The predicted octanol–water partition coefficient (Wildman–Crippen LogP) is 3.48. The fraction of sp³-hybridized carbons (Fsp3) is 0.381. The number of piperidine rings is 1.